The van der Waals surface area contributed by atoms with Crippen LogP contribution in [0, 0.1) is 0 Å². The lowest BCUT2D eigenvalue weighted by atomic mass is 10.0. The van der Waals surface area contributed by atoms with Gasteiger partial charge in [0.25, 0.3) is 0 Å². The fourth-order valence-electron chi connectivity index (χ4n) is 1.76. The predicted octanol–water partition coefficient (Wildman–Crippen LogP) is 2.54. The molecule has 0 fully saturated rings. The van der Waals surface area contributed by atoms with Crippen LogP contribution in [-0.4, -0.2) is 5.11 Å². The first-order chi connectivity index (χ1) is 6.76. The molecule has 1 aromatic heterocycles. The number of thiophene rings is 1. The van der Waals surface area contributed by atoms with Crippen LogP contribution in [0.4, 0.5) is 5.00 Å². The molecule has 2 nitrogen and oxygen atoms in total. The maximum Gasteiger partial charge on any atom is 0.0868 e. The van der Waals surface area contributed by atoms with Gasteiger partial charge in [-0.3, -0.25) is 0 Å². The van der Waals surface area contributed by atoms with Crippen molar-refractivity contribution in [2.45, 2.75) is 20.0 Å². The summed E-state index contributed by atoms with van der Waals surface area (Å²) in [5, 5.41) is 11.2. The largest absolute Gasteiger partial charge is 0.392 e. The van der Waals surface area contributed by atoms with Crippen LogP contribution in [0.15, 0.2) is 18.2 Å². The summed E-state index contributed by atoms with van der Waals surface area (Å²) in [6.07, 6.45) is 0.938. The minimum Gasteiger partial charge on any atom is -0.392 e. The summed E-state index contributed by atoms with van der Waals surface area (Å²) in [6.45, 7) is 2.21. The highest BCUT2D eigenvalue weighted by molar-refractivity contribution is 7.22. The van der Waals surface area contributed by atoms with Crippen molar-refractivity contribution in [3.05, 3.63) is 29.3 Å². The van der Waals surface area contributed by atoms with Gasteiger partial charge in [-0.05, 0) is 29.0 Å². The zero-order valence-corrected chi connectivity index (χ0v) is 8.90. The maximum absolute atomic E-state index is 9.19. The minimum absolute atomic E-state index is 0.108. The van der Waals surface area contributed by atoms with Crippen molar-refractivity contribution >= 4 is 26.4 Å². The van der Waals surface area contributed by atoms with Crippen molar-refractivity contribution < 1.29 is 5.11 Å². The van der Waals surface area contributed by atoms with Crippen LogP contribution >= 0.6 is 11.3 Å². The van der Waals surface area contributed by atoms with Crippen LogP contribution in [0.5, 0.6) is 0 Å². The first kappa shape index (κ1) is 9.49. The van der Waals surface area contributed by atoms with Gasteiger partial charge in [-0.15, -0.1) is 11.3 Å². The third-order valence-corrected chi connectivity index (χ3v) is 3.47. The molecule has 0 saturated carbocycles. The van der Waals surface area contributed by atoms with E-state index < -0.39 is 0 Å². The second kappa shape index (κ2) is 3.59. The highest BCUT2D eigenvalue weighted by Crippen LogP contribution is 2.32. The number of aryl methyl sites for hydroxylation is 1. The van der Waals surface area contributed by atoms with Gasteiger partial charge in [0.1, 0.15) is 0 Å². The Labute approximate surface area is 87.0 Å². The topological polar surface area (TPSA) is 46.2 Å². The molecule has 0 atom stereocenters. The van der Waals surface area contributed by atoms with Gasteiger partial charge in [0.15, 0.2) is 0 Å². The Morgan fingerprint density at radius 2 is 2.21 bits per heavy atom. The lowest BCUT2D eigenvalue weighted by molar-refractivity contribution is 0.281. The molecule has 3 heteroatoms. The van der Waals surface area contributed by atoms with Crippen molar-refractivity contribution in [1.29, 1.82) is 0 Å². The van der Waals surface area contributed by atoms with E-state index in [0.717, 1.165) is 17.0 Å². The summed E-state index contributed by atoms with van der Waals surface area (Å²) < 4.78 is 1.22. The maximum atomic E-state index is 9.19. The van der Waals surface area contributed by atoms with Gasteiger partial charge in [0.05, 0.1) is 11.6 Å². The van der Waals surface area contributed by atoms with Gasteiger partial charge < -0.3 is 10.8 Å². The van der Waals surface area contributed by atoms with Gasteiger partial charge in [-0.2, -0.15) is 0 Å². The predicted molar refractivity (Wildman–Crippen MR) is 61.5 cm³/mol. The lowest BCUT2D eigenvalue weighted by Crippen LogP contribution is -1.91. The number of aliphatic hydroxyl groups excluding tert-OH is 1. The summed E-state index contributed by atoms with van der Waals surface area (Å²) in [5.74, 6) is 0. The molecular formula is C11H13NOS. The van der Waals surface area contributed by atoms with Crippen molar-refractivity contribution in [2.24, 2.45) is 0 Å². The van der Waals surface area contributed by atoms with Crippen molar-refractivity contribution in [1.82, 2.24) is 0 Å². The molecule has 2 rings (SSSR count). The van der Waals surface area contributed by atoms with E-state index in [-0.39, 0.29) is 6.61 Å². The molecule has 0 bridgehead atoms. The van der Waals surface area contributed by atoms with Crippen LogP contribution in [0.25, 0.3) is 10.1 Å². The quantitative estimate of drug-likeness (QED) is 0.795. The van der Waals surface area contributed by atoms with Crippen LogP contribution in [0.3, 0.4) is 0 Å². The summed E-state index contributed by atoms with van der Waals surface area (Å²) >= 11 is 1.60. The normalized spacial score (nSPS) is 11.0. The van der Waals surface area contributed by atoms with Crippen molar-refractivity contribution in [2.75, 3.05) is 5.73 Å². The Bertz CT molecular complexity index is 462. The number of anilines is 1. The second-order valence-electron chi connectivity index (χ2n) is 3.28. The molecule has 0 aliphatic carbocycles. The van der Waals surface area contributed by atoms with Gasteiger partial charge in [0, 0.05) is 4.70 Å². The standard InChI is InChI=1S/C11H13NOS/c1-2-9-8(6-13)4-3-7-5-10(12)14-11(7)9/h3-5,13H,2,6,12H2,1H3. The van der Waals surface area contributed by atoms with E-state index in [9.17, 15) is 5.11 Å². The van der Waals surface area contributed by atoms with Crippen molar-refractivity contribution in [3.8, 4) is 0 Å². The molecule has 1 aromatic carbocycles. The average molecular weight is 207 g/mol. The molecule has 0 spiro atoms. The minimum atomic E-state index is 0.108. The third kappa shape index (κ3) is 1.38. The summed E-state index contributed by atoms with van der Waals surface area (Å²) in [7, 11) is 0. The molecular weight excluding hydrogens is 194 g/mol. The van der Waals surface area contributed by atoms with E-state index in [0.29, 0.717) is 0 Å². The zero-order chi connectivity index (χ0) is 10.1. The molecule has 14 heavy (non-hydrogen) atoms. The van der Waals surface area contributed by atoms with Crippen LogP contribution in [0.2, 0.25) is 0 Å². The Hall–Kier alpha value is -1.06. The van der Waals surface area contributed by atoms with E-state index in [4.69, 9.17) is 5.73 Å². The Morgan fingerprint density at radius 3 is 2.86 bits per heavy atom. The highest BCUT2D eigenvalue weighted by Gasteiger charge is 2.07. The van der Waals surface area contributed by atoms with Gasteiger partial charge >= 0.3 is 0 Å². The molecule has 2 aromatic rings. The van der Waals surface area contributed by atoms with E-state index in [1.165, 1.54) is 15.6 Å². The number of hydrogen-bond acceptors (Lipinski definition) is 3. The smallest absolute Gasteiger partial charge is 0.0868 e. The van der Waals surface area contributed by atoms with E-state index in [2.05, 4.69) is 6.92 Å². The van der Waals surface area contributed by atoms with Gasteiger partial charge in [-0.25, -0.2) is 0 Å². The average Bonchev–Trinajstić information content (AvgIpc) is 2.56. The van der Waals surface area contributed by atoms with Crippen LogP contribution in [0.1, 0.15) is 18.1 Å². The van der Waals surface area contributed by atoms with E-state index in [1.54, 1.807) is 11.3 Å². The highest BCUT2D eigenvalue weighted by atomic mass is 32.1. The first-order valence-electron chi connectivity index (χ1n) is 4.67. The van der Waals surface area contributed by atoms with E-state index in [1.807, 2.05) is 18.2 Å². The number of fused-ring (bicyclic) bond motifs is 1. The molecule has 3 N–H and O–H groups in total. The monoisotopic (exact) mass is 207 g/mol. The second-order valence-corrected chi connectivity index (χ2v) is 4.37. The molecule has 0 aliphatic heterocycles. The number of hydrogen-bond donors (Lipinski definition) is 2. The Balaban J connectivity index is 2.75. The Morgan fingerprint density at radius 1 is 1.43 bits per heavy atom. The molecule has 0 aliphatic rings. The summed E-state index contributed by atoms with van der Waals surface area (Å²) in [6, 6.07) is 5.99. The third-order valence-electron chi connectivity index (χ3n) is 2.43. The molecule has 74 valence electrons. The molecule has 0 amide bonds. The number of rotatable bonds is 2. The number of aliphatic hydroxyl groups is 1. The zero-order valence-electron chi connectivity index (χ0n) is 8.08. The summed E-state index contributed by atoms with van der Waals surface area (Å²) in [5.41, 5.74) is 8.01. The molecule has 0 unspecified atom stereocenters. The Kier molecular flexibility index (Phi) is 2.44. The number of nitrogens with two attached hydrogens (primary N) is 1. The lowest BCUT2D eigenvalue weighted by Gasteiger charge is -2.05. The summed E-state index contributed by atoms with van der Waals surface area (Å²) in [4.78, 5) is 0. The van der Waals surface area contributed by atoms with Gasteiger partial charge in [-0.1, -0.05) is 19.1 Å². The first-order valence-corrected chi connectivity index (χ1v) is 5.48. The van der Waals surface area contributed by atoms with E-state index >= 15 is 0 Å². The van der Waals surface area contributed by atoms with Crippen LogP contribution in [-0.2, 0) is 13.0 Å². The molecule has 0 saturated heterocycles. The molecule has 1 heterocycles. The van der Waals surface area contributed by atoms with Crippen LogP contribution < -0.4 is 5.73 Å². The SMILES string of the molecule is CCc1c(CO)ccc2cc(N)sc12. The molecule has 0 radical (unpaired) electrons. The van der Waals surface area contributed by atoms with Gasteiger partial charge in [0.2, 0.25) is 0 Å². The fourth-order valence-corrected chi connectivity index (χ4v) is 2.82. The number of nitrogen functional groups attached to an aromatic ring is 1. The van der Waals surface area contributed by atoms with Crippen molar-refractivity contribution in [3.63, 3.8) is 0 Å². The fraction of sp³-hybridized carbons (Fsp3) is 0.273. The number of benzene rings is 1.